The molecule has 0 radical (unpaired) electrons. The van der Waals surface area contributed by atoms with Crippen molar-refractivity contribution >= 4 is 0 Å². The van der Waals surface area contributed by atoms with Crippen molar-refractivity contribution in [1.29, 1.82) is 0 Å². The topological polar surface area (TPSA) is 15.3 Å². The van der Waals surface area contributed by atoms with Crippen LogP contribution in [0.4, 0.5) is 0 Å². The van der Waals surface area contributed by atoms with E-state index in [2.05, 4.69) is 44.8 Å². The van der Waals surface area contributed by atoms with Gasteiger partial charge in [0, 0.05) is 25.2 Å². The molecule has 0 aliphatic heterocycles. The predicted molar refractivity (Wildman–Crippen MR) is 71.7 cm³/mol. The molecule has 1 aliphatic carbocycles. The first kappa shape index (κ1) is 14.0. The second kappa shape index (κ2) is 6.61. The van der Waals surface area contributed by atoms with E-state index < -0.39 is 0 Å². The maximum absolute atomic E-state index is 3.63. The lowest BCUT2D eigenvalue weighted by Crippen LogP contribution is -2.40. The Morgan fingerprint density at radius 2 is 1.69 bits per heavy atom. The van der Waals surface area contributed by atoms with Gasteiger partial charge >= 0.3 is 0 Å². The van der Waals surface area contributed by atoms with E-state index in [1.54, 1.807) is 0 Å². The van der Waals surface area contributed by atoms with Crippen LogP contribution in [0.2, 0.25) is 0 Å². The van der Waals surface area contributed by atoms with Crippen LogP contribution in [0.5, 0.6) is 0 Å². The molecule has 0 spiro atoms. The zero-order valence-electron chi connectivity index (χ0n) is 11.8. The largest absolute Gasteiger partial charge is 0.314 e. The highest BCUT2D eigenvalue weighted by atomic mass is 15.1. The summed E-state index contributed by atoms with van der Waals surface area (Å²) < 4.78 is 0. The van der Waals surface area contributed by atoms with E-state index in [-0.39, 0.29) is 0 Å². The Morgan fingerprint density at radius 1 is 1.06 bits per heavy atom. The maximum Gasteiger partial charge on any atom is 0.00683 e. The minimum atomic E-state index is 0.672. The Hall–Kier alpha value is -0.0800. The van der Waals surface area contributed by atoms with Crippen LogP contribution in [0.15, 0.2) is 0 Å². The van der Waals surface area contributed by atoms with Crippen LogP contribution in [-0.2, 0) is 0 Å². The van der Waals surface area contributed by atoms with Gasteiger partial charge in [0.25, 0.3) is 0 Å². The minimum absolute atomic E-state index is 0.672. The third-order valence-electron chi connectivity index (χ3n) is 3.21. The van der Waals surface area contributed by atoms with E-state index >= 15 is 0 Å². The molecule has 2 nitrogen and oxygen atoms in total. The Labute approximate surface area is 102 Å². The van der Waals surface area contributed by atoms with Crippen LogP contribution in [0.3, 0.4) is 0 Å². The van der Waals surface area contributed by atoms with Gasteiger partial charge in [-0.15, -0.1) is 0 Å². The third-order valence-corrected chi connectivity index (χ3v) is 3.21. The average molecular weight is 226 g/mol. The first-order chi connectivity index (χ1) is 7.49. The highest BCUT2D eigenvalue weighted by Gasteiger charge is 2.21. The van der Waals surface area contributed by atoms with Crippen molar-refractivity contribution in [2.45, 2.75) is 59.5 Å². The predicted octanol–water partition coefficient (Wildman–Crippen LogP) is 2.74. The zero-order valence-corrected chi connectivity index (χ0v) is 11.8. The molecule has 1 rings (SSSR count). The van der Waals surface area contributed by atoms with Crippen molar-refractivity contribution in [3.8, 4) is 0 Å². The SMILES string of the molecule is CC(C)CN(CC(C)CNC1CC1)C(C)C. The fourth-order valence-electron chi connectivity index (χ4n) is 2.09. The molecule has 96 valence electrons. The first-order valence-corrected chi connectivity index (χ1v) is 6.96. The Balaban J connectivity index is 2.22. The molecule has 0 aromatic rings. The van der Waals surface area contributed by atoms with Crippen LogP contribution in [0, 0.1) is 11.8 Å². The van der Waals surface area contributed by atoms with Gasteiger partial charge in [0.15, 0.2) is 0 Å². The fraction of sp³-hybridized carbons (Fsp3) is 1.00. The number of rotatable bonds is 8. The number of hydrogen-bond donors (Lipinski definition) is 1. The van der Waals surface area contributed by atoms with Gasteiger partial charge in [0.1, 0.15) is 0 Å². The average Bonchev–Trinajstić information content (AvgIpc) is 2.96. The van der Waals surface area contributed by atoms with Gasteiger partial charge in [-0.2, -0.15) is 0 Å². The summed E-state index contributed by atoms with van der Waals surface area (Å²) in [5, 5.41) is 3.63. The van der Waals surface area contributed by atoms with E-state index in [4.69, 9.17) is 0 Å². The molecule has 1 unspecified atom stereocenters. The summed E-state index contributed by atoms with van der Waals surface area (Å²) >= 11 is 0. The van der Waals surface area contributed by atoms with E-state index in [1.165, 1.54) is 32.5 Å². The van der Waals surface area contributed by atoms with Crippen LogP contribution >= 0.6 is 0 Å². The van der Waals surface area contributed by atoms with Crippen LogP contribution < -0.4 is 5.32 Å². The van der Waals surface area contributed by atoms with Crippen molar-refractivity contribution in [1.82, 2.24) is 10.2 Å². The van der Waals surface area contributed by atoms with Gasteiger partial charge in [-0.05, 0) is 45.1 Å². The Bertz CT molecular complexity index is 185. The first-order valence-electron chi connectivity index (χ1n) is 6.96. The minimum Gasteiger partial charge on any atom is -0.314 e. The van der Waals surface area contributed by atoms with Gasteiger partial charge in [-0.25, -0.2) is 0 Å². The Kier molecular flexibility index (Phi) is 5.77. The molecule has 0 bridgehead atoms. The molecule has 1 saturated carbocycles. The molecule has 2 heteroatoms. The fourth-order valence-corrected chi connectivity index (χ4v) is 2.09. The lowest BCUT2D eigenvalue weighted by Gasteiger charge is -2.31. The quantitative estimate of drug-likeness (QED) is 0.684. The van der Waals surface area contributed by atoms with Crippen LogP contribution in [0.25, 0.3) is 0 Å². The number of nitrogens with one attached hydrogen (secondary N) is 1. The summed E-state index contributed by atoms with van der Waals surface area (Å²) in [5.74, 6) is 1.53. The van der Waals surface area contributed by atoms with Gasteiger partial charge in [0.2, 0.25) is 0 Å². The van der Waals surface area contributed by atoms with Crippen molar-refractivity contribution in [2.24, 2.45) is 11.8 Å². The van der Waals surface area contributed by atoms with Gasteiger partial charge < -0.3 is 10.2 Å². The molecule has 0 aromatic carbocycles. The molecule has 16 heavy (non-hydrogen) atoms. The Morgan fingerprint density at radius 3 is 2.12 bits per heavy atom. The smallest absolute Gasteiger partial charge is 0.00683 e. The molecule has 0 amide bonds. The second-order valence-corrected chi connectivity index (χ2v) is 6.23. The molecule has 1 aliphatic rings. The summed E-state index contributed by atoms with van der Waals surface area (Å²) in [4.78, 5) is 2.61. The van der Waals surface area contributed by atoms with Crippen molar-refractivity contribution in [3.63, 3.8) is 0 Å². The molecule has 1 fully saturated rings. The van der Waals surface area contributed by atoms with E-state index in [1.807, 2.05) is 0 Å². The molecule has 0 aromatic heterocycles. The molecule has 0 heterocycles. The molecular weight excluding hydrogens is 196 g/mol. The van der Waals surface area contributed by atoms with E-state index in [0.29, 0.717) is 6.04 Å². The highest BCUT2D eigenvalue weighted by molar-refractivity contribution is 4.82. The normalized spacial score (nSPS) is 18.8. The lowest BCUT2D eigenvalue weighted by molar-refractivity contribution is 0.171. The monoisotopic (exact) mass is 226 g/mol. The summed E-state index contributed by atoms with van der Waals surface area (Å²) in [7, 11) is 0. The zero-order chi connectivity index (χ0) is 12.1. The highest BCUT2D eigenvalue weighted by Crippen LogP contribution is 2.19. The summed E-state index contributed by atoms with van der Waals surface area (Å²) in [6.45, 7) is 15.2. The van der Waals surface area contributed by atoms with Crippen molar-refractivity contribution in [2.75, 3.05) is 19.6 Å². The maximum atomic E-state index is 3.63. The standard InChI is InChI=1S/C14H30N2/c1-11(2)9-16(12(3)4)10-13(5)8-15-14-6-7-14/h11-15H,6-10H2,1-5H3. The second-order valence-electron chi connectivity index (χ2n) is 6.23. The third kappa shape index (κ3) is 5.86. The molecule has 1 N–H and O–H groups in total. The summed E-state index contributed by atoms with van der Waals surface area (Å²) in [5.41, 5.74) is 0. The van der Waals surface area contributed by atoms with E-state index in [9.17, 15) is 0 Å². The van der Waals surface area contributed by atoms with Crippen molar-refractivity contribution < 1.29 is 0 Å². The van der Waals surface area contributed by atoms with Crippen LogP contribution in [0.1, 0.15) is 47.5 Å². The van der Waals surface area contributed by atoms with Crippen LogP contribution in [-0.4, -0.2) is 36.6 Å². The summed E-state index contributed by atoms with van der Waals surface area (Å²) in [6.07, 6.45) is 2.79. The van der Waals surface area contributed by atoms with E-state index in [0.717, 1.165) is 17.9 Å². The molecule has 0 saturated heterocycles. The van der Waals surface area contributed by atoms with Gasteiger partial charge in [0.05, 0.1) is 0 Å². The summed E-state index contributed by atoms with van der Waals surface area (Å²) in [6, 6.07) is 1.52. The molecular formula is C14H30N2. The van der Waals surface area contributed by atoms with Crippen molar-refractivity contribution in [3.05, 3.63) is 0 Å². The lowest BCUT2D eigenvalue weighted by atomic mass is 10.1. The van der Waals surface area contributed by atoms with Gasteiger partial charge in [-0.1, -0.05) is 20.8 Å². The number of hydrogen-bond acceptors (Lipinski definition) is 2. The van der Waals surface area contributed by atoms with Gasteiger partial charge in [-0.3, -0.25) is 0 Å². The number of nitrogens with zero attached hydrogens (tertiary/aromatic N) is 1. The molecule has 1 atom stereocenters.